The van der Waals surface area contributed by atoms with Crippen molar-refractivity contribution < 1.29 is 9.53 Å². The first-order valence-electron chi connectivity index (χ1n) is 6.33. The fourth-order valence-corrected chi connectivity index (χ4v) is 2.66. The molecule has 7 nitrogen and oxygen atoms in total. The van der Waals surface area contributed by atoms with Gasteiger partial charge in [0.05, 0.1) is 6.61 Å². The number of ether oxygens (including phenoxy) is 1. The van der Waals surface area contributed by atoms with Gasteiger partial charge in [0.15, 0.2) is 0 Å². The van der Waals surface area contributed by atoms with Crippen molar-refractivity contribution in [1.82, 2.24) is 19.7 Å². The lowest BCUT2D eigenvalue weighted by molar-refractivity contribution is 0.102. The first-order chi connectivity index (χ1) is 9.69. The zero-order valence-corrected chi connectivity index (χ0v) is 12.1. The van der Waals surface area contributed by atoms with Crippen LogP contribution in [-0.2, 0) is 18.4 Å². The Kier molecular flexibility index (Phi) is 3.49. The number of methoxy groups -OCH3 is 1. The van der Waals surface area contributed by atoms with Gasteiger partial charge in [0.25, 0.3) is 5.91 Å². The van der Waals surface area contributed by atoms with E-state index in [1.54, 1.807) is 12.5 Å². The second-order valence-electron chi connectivity index (χ2n) is 4.73. The van der Waals surface area contributed by atoms with E-state index in [1.807, 2.05) is 11.6 Å². The molecule has 2 heterocycles. The first kappa shape index (κ1) is 13.2. The van der Waals surface area contributed by atoms with Crippen molar-refractivity contribution >= 4 is 23.2 Å². The maximum atomic E-state index is 12.1. The zero-order valence-electron chi connectivity index (χ0n) is 11.3. The van der Waals surface area contributed by atoms with Crippen molar-refractivity contribution in [2.75, 3.05) is 12.4 Å². The van der Waals surface area contributed by atoms with Crippen molar-refractivity contribution in [1.29, 1.82) is 0 Å². The molecule has 0 radical (unpaired) electrons. The minimum atomic E-state index is -0.276. The van der Waals surface area contributed by atoms with Crippen LogP contribution in [0.15, 0.2) is 5.38 Å². The van der Waals surface area contributed by atoms with Crippen LogP contribution in [0, 0.1) is 0 Å². The van der Waals surface area contributed by atoms with Crippen molar-refractivity contribution in [2.24, 2.45) is 7.05 Å². The molecular weight excluding hydrogens is 278 g/mol. The second kappa shape index (κ2) is 5.29. The van der Waals surface area contributed by atoms with Crippen LogP contribution in [-0.4, -0.2) is 32.8 Å². The molecule has 0 unspecified atom stereocenters. The summed E-state index contributed by atoms with van der Waals surface area (Å²) in [6.07, 6.45) is 2.29. The van der Waals surface area contributed by atoms with Crippen LogP contribution >= 0.6 is 11.3 Å². The quantitative estimate of drug-likeness (QED) is 0.904. The molecule has 0 spiro atoms. The van der Waals surface area contributed by atoms with Gasteiger partial charge in [-0.2, -0.15) is 0 Å². The van der Waals surface area contributed by atoms with Gasteiger partial charge in [-0.25, -0.2) is 4.98 Å². The number of aromatic nitrogens is 4. The number of thiazole rings is 1. The minimum absolute atomic E-state index is 0.276. The highest BCUT2D eigenvalue weighted by Crippen LogP contribution is 2.39. The molecule has 1 N–H and O–H groups in total. The van der Waals surface area contributed by atoms with Gasteiger partial charge in [0, 0.05) is 25.5 Å². The largest absolute Gasteiger partial charge is 0.378 e. The number of nitrogens with zero attached hydrogens (tertiary/aromatic N) is 4. The van der Waals surface area contributed by atoms with E-state index in [-0.39, 0.29) is 5.91 Å². The SMILES string of the molecule is COCc1nc(C(=O)Nc2nnc(C3CC3)n2C)cs1. The summed E-state index contributed by atoms with van der Waals surface area (Å²) in [7, 11) is 3.46. The second-order valence-corrected chi connectivity index (χ2v) is 5.67. The molecule has 0 bridgehead atoms. The predicted molar refractivity (Wildman–Crippen MR) is 73.8 cm³/mol. The Hall–Kier alpha value is -1.80. The highest BCUT2D eigenvalue weighted by atomic mass is 32.1. The fourth-order valence-electron chi connectivity index (χ4n) is 1.92. The molecule has 0 aromatic carbocycles. The smallest absolute Gasteiger partial charge is 0.277 e. The van der Waals surface area contributed by atoms with Crippen LogP contribution in [0.2, 0.25) is 0 Å². The summed E-state index contributed by atoms with van der Waals surface area (Å²) in [6.45, 7) is 0.410. The van der Waals surface area contributed by atoms with E-state index in [1.165, 1.54) is 11.3 Å². The number of amides is 1. The zero-order chi connectivity index (χ0) is 14.1. The molecule has 106 valence electrons. The standard InChI is InChI=1S/C12H15N5O2S/c1-17-10(7-3-4-7)15-16-12(17)14-11(18)8-6-20-9(13-8)5-19-2/h6-7H,3-5H2,1-2H3,(H,14,16,18). The number of carbonyl (C=O) groups excluding carboxylic acids is 1. The Morgan fingerprint density at radius 3 is 3.05 bits per heavy atom. The molecule has 1 fully saturated rings. The summed E-state index contributed by atoms with van der Waals surface area (Å²) in [5.74, 6) is 1.60. The third-order valence-corrected chi connectivity index (χ3v) is 3.95. The maximum Gasteiger partial charge on any atom is 0.277 e. The molecule has 3 rings (SSSR count). The number of anilines is 1. The van der Waals surface area contributed by atoms with E-state index in [2.05, 4.69) is 20.5 Å². The van der Waals surface area contributed by atoms with E-state index in [0.717, 1.165) is 23.7 Å². The molecular formula is C12H15N5O2S. The lowest BCUT2D eigenvalue weighted by Crippen LogP contribution is -2.16. The van der Waals surface area contributed by atoms with Gasteiger partial charge in [0.2, 0.25) is 5.95 Å². The molecule has 8 heteroatoms. The lowest BCUT2D eigenvalue weighted by Gasteiger charge is -2.03. The van der Waals surface area contributed by atoms with Crippen molar-refractivity contribution in [3.63, 3.8) is 0 Å². The van der Waals surface area contributed by atoms with Gasteiger partial charge < -0.3 is 4.74 Å². The van der Waals surface area contributed by atoms with E-state index < -0.39 is 0 Å². The average molecular weight is 293 g/mol. The first-order valence-corrected chi connectivity index (χ1v) is 7.21. The molecule has 20 heavy (non-hydrogen) atoms. The van der Waals surface area contributed by atoms with Gasteiger partial charge >= 0.3 is 0 Å². The van der Waals surface area contributed by atoms with E-state index in [9.17, 15) is 4.79 Å². The molecule has 0 aliphatic heterocycles. The van der Waals surface area contributed by atoms with Crippen molar-refractivity contribution in [3.8, 4) is 0 Å². The number of hydrogen-bond acceptors (Lipinski definition) is 6. The van der Waals surface area contributed by atoms with Gasteiger partial charge in [0.1, 0.15) is 16.5 Å². The number of hydrogen-bond donors (Lipinski definition) is 1. The highest BCUT2D eigenvalue weighted by molar-refractivity contribution is 7.09. The minimum Gasteiger partial charge on any atom is -0.378 e. The van der Waals surface area contributed by atoms with Crippen LogP contribution in [0.1, 0.15) is 40.1 Å². The molecule has 2 aromatic rings. The molecule has 1 amide bonds. The third kappa shape index (κ3) is 2.56. The van der Waals surface area contributed by atoms with Crippen LogP contribution in [0.25, 0.3) is 0 Å². The predicted octanol–water partition coefficient (Wildman–Crippen LogP) is 1.55. The highest BCUT2D eigenvalue weighted by Gasteiger charge is 2.29. The monoisotopic (exact) mass is 293 g/mol. The summed E-state index contributed by atoms with van der Waals surface area (Å²) in [6, 6.07) is 0. The summed E-state index contributed by atoms with van der Waals surface area (Å²) in [4.78, 5) is 16.3. The molecule has 0 saturated heterocycles. The van der Waals surface area contributed by atoms with Crippen LogP contribution in [0.5, 0.6) is 0 Å². The van der Waals surface area contributed by atoms with Crippen LogP contribution in [0.3, 0.4) is 0 Å². The van der Waals surface area contributed by atoms with Gasteiger partial charge in [-0.1, -0.05) is 0 Å². The summed E-state index contributed by atoms with van der Waals surface area (Å²) < 4.78 is 6.82. The third-order valence-electron chi connectivity index (χ3n) is 3.13. The van der Waals surface area contributed by atoms with Crippen molar-refractivity contribution in [2.45, 2.75) is 25.4 Å². The van der Waals surface area contributed by atoms with Crippen LogP contribution in [0.4, 0.5) is 5.95 Å². The molecule has 1 saturated carbocycles. The molecule has 0 atom stereocenters. The van der Waals surface area contributed by atoms with Gasteiger partial charge in [-0.3, -0.25) is 14.7 Å². The molecule has 2 aromatic heterocycles. The molecule has 1 aliphatic carbocycles. The maximum absolute atomic E-state index is 12.1. The summed E-state index contributed by atoms with van der Waals surface area (Å²) >= 11 is 1.40. The topological polar surface area (TPSA) is 81.9 Å². The summed E-state index contributed by atoms with van der Waals surface area (Å²) in [5, 5.41) is 13.4. The van der Waals surface area contributed by atoms with Gasteiger partial charge in [-0.15, -0.1) is 21.5 Å². The summed E-state index contributed by atoms with van der Waals surface area (Å²) in [5.41, 5.74) is 0.373. The Balaban J connectivity index is 1.71. The number of rotatable bonds is 5. The van der Waals surface area contributed by atoms with Crippen LogP contribution < -0.4 is 5.32 Å². The van der Waals surface area contributed by atoms with Crippen molar-refractivity contribution in [3.05, 3.63) is 21.9 Å². The lowest BCUT2D eigenvalue weighted by atomic mass is 10.4. The Morgan fingerprint density at radius 1 is 1.55 bits per heavy atom. The number of nitrogens with one attached hydrogen (secondary N) is 1. The Morgan fingerprint density at radius 2 is 2.35 bits per heavy atom. The molecule has 1 aliphatic rings. The Labute approximate surface area is 120 Å². The fraction of sp³-hybridized carbons (Fsp3) is 0.500. The van der Waals surface area contributed by atoms with E-state index in [4.69, 9.17) is 4.74 Å². The number of carbonyl (C=O) groups is 1. The van der Waals surface area contributed by atoms with E-state index >= 15 is 0 Å². The Bertz CT molecular complexity index is 632. The average Bonchev–Trinajstić information content (AvgIpc) is 3.06. The van der Waals surface area contributed by atoms with E-state index in [0.29, 0.717) is 24.2 Å². The normalized spacial score (nSPS) is 14.5. The van der Waals surface area contributed by atoms with Gasteiger partial charge in [-0.05, 0) is 12.8 Å².